The average molecular weight is 232 g/mol. The molecule has 0 unspecified atom stereocenters. The number of fused-ring (bicyclic) bond motifs is 1. The lowest BCUT2D eigenvalue weighted by molar-refractivity contribution is 0.695. The maximum atomic E-state index is 4.86. The van der Waals surface area contributed by atoms with Crippen LogP contribution in [0.4, 0.5) is 5.82 Å². The SMILES string of the molecule is CC(C)c1cc(C(C)C)c2c(n1)N(C)CCC2. The first kappa shape index (κ1) is 12.4. The largest absolute Gasteiger partial charge is 0.359 e. The van der Waals surface area contributed by atoms with E-state index in [0.717, 1.165) is 6.54 Å². The zero-order valence-electron chi connectivity index (χ0n) is 11.7. The Bertz CT molecular complexity index is 390. The molecule has 1 aromatic rings. The second kappa shape index (κ2) is 4.67. The predicted molar refractivity (Wildman–Crippen MR) is 74.0 cm³/mol. The van der Waals surface area contributed by atoms with E-state index in [1.807, 2.05) is 0 Å². The Morgan fingerprint density at radius 3 is 2.47 bits per heavy atom. The molecule has 0 spiro atoms. The molecule has 1 aromatic heterocycles. The van der Waals surface area contributed by atoms with Gasteiger partial charge in [-0.05, 0) is 41.9 Å². The van der Waals surface area contributed by atoms with Crippen molar-refractivity contribution < 1.29 is 0 Å². The molecule has 17 heavy (non-hydrogen) atoms. The summed E-state index contributed by atoms with van der Waals surface area (Å²) >= 11 is 0. The molecule has 1 aliphatic rings. The first-order chi connectivity index (χ1) is 8.00. The van der Waals surface area contributed by atoms with Gasteiger partial charge in [-0.25, -0.2) is 4.98 Å². The van der Waals surface area contributed by atoms with Crippen molar-refractivity contribution in [2.24, 2.45) is 0 Å². The van der Waals surface area contributed by atoms with Crippen molar-refractivity contribution in [3.05, 3.63) is 22.9 Å². The fraction of sp³-hybridized carbons (Fsp3) is 0.667. The van der Waals surface area contributed by atoms with E-state index in [1.54, 1.807) is 0 Å². The van der Waals surface area contributed by atoms with Gasteiger partial charge in [0.15, 0.2) is 0 Å². The van der Waals surface area contributed by atoms with Crippen LogP contribution in [0.2, 0.25) is 0 Å². The first-order valence-corrected chi connectivity index (χ1v) is 6.75. The van der Waals surface area contributed by atoms with E-state index < -0.39 is 0 Å². The second-order valence-corrected chi connectivity index (χ2v) is 5.77. The molecular formula is C15H24N2. The van der Waals surface area contributed by atoms with Gasteiger partial charge in [-0.3, -0.25) is 0 Å². The molecule has 0 aromatic carbocycles. The van der Waals surface area contributed by atoms with Gasteiger partial charge >= 0.3 is 0 Å². The number of rotatable bonds is 2. The highest BCUT2D eigenvalue weighted by Crippen LogP contribution is 2.33. The van der Waals surface area contributed by atoms with Gasteiger partial charge in [-0.15, -0.1) is 0 Å². The maximum Gasteiger partial charge on any atom is 0.132 e. The highest BCUT2D eigenvalue weighted by atomic mass is 15.2. The zero-order chi connectivity index (χ0) is 12.6. The number of nitrogens with zero attached hydrogens (tertiary/aromatic N) is 2. The van der Waals surface area contributed by atoms with Crippen LogP contribution in [-0.2, 0) is 6.42 Å². The Kier molecular flexibility index (Phi) is 3.41. The quantitative estimate of drug-likeness (QED) is 0.772. The molecule has 94 valence electrons. The second-order valence-electron chi connectivity index (χ2n) is 5.77. The molecule has 0 saturated carbocycles. The summed E-state index contributed by atoms with van der Waals surface area (Å²) in [5.74, 6) is 2.33. The molecule has 2 nitrogen and oxygen atoms in total. The van der Waals surface area contributed by atoms with Crippen LogP contribution in [0.3, 0.4) is 0 Å². The number of pyridine rings is 1. The van der Waals surface area contributed by atoms with Crippen molar-refractivity contribution in [3.8, 4) is 0 Å². The van der Waals surface area contributed by atoms with Crippen molar-refractivity contribution >= 4 is 5.82 Å². The Morgan fingerprint density at radius 2 is 1.88 bits per heavy atom. The van der Waals surface area contributed by atoms with Crippen LogP contribution in [0.1, 0.15) is 62.8 Å². The summed E-state index contributed by atoms with van der Waals surface area (Å²) in [5.41, 5.74) is 4.23. The highest BCUT2D eigenvalue weighted by molar-refractivity contribution is 5.54. The van der Waals surface area contributed by atoms with E-state index in [-0.39, 0.29) is 0 Å². The molecule has 0 radical (unpaired) electrons. The van der Waals surface area contributed by atoms with Crippen molar-refractivity contribution in [3.63, 3.8) is 0 Å². The van der Waals surface area contributed by atoms with Gasteiger partial charge in [-0.2, -0.15) is 0 Å². The van der Waals surface area contributed by atoms with Crippen LogP contribution in [0.15, 0.2) is 6.07 Å². The minimum absolute atomic E-state index is 0.508. The minimum Gasteiger partial charge on any atom is -0.359 e. The van der Waals surface area contributed by atoms with Crippen molar-refractivity contribution in [1.29, 1.82) is 0 Å². The normalized spacial score (nSPS) is 15.6. The van der Waals surface area contributed by atoms with E-state index >= 15 is 0 Å². The van der Waals surface area contributed by atoms with Crippen molar-refractivity contribution in [1.82, 2.24) is 4.98 Å². The predicted octanol–water partition coefficient (Wildman–Crippen LogP) is 3.71. The summed E-state index contributed by atoms with van der Waals surface area (Å²) in [6, 6.07) is 2.33. The van der Waals surface area contributed by atoms with Crippen LogP contribution in [-0.4, -0.2) is 18.6 Å². The number of anilines is 1. The number of hydrogen-bond donors (Lipinski definition) is 0. The summed E-state index contributed by atoms with van der Waals surface area (Å²) < 4.78 is 0. The van der Waals surface area contributed by atoms with Crippen LogP contribution >= 0.6 is 0 Å². The standard InChI is InChI=1S/C15H24N2/c1-10(2)13-9-14(11(3)4)16-15-12(13)7-6-8-17(15)5/h9-11H,6-8H2,1-5H3. The Balaban J connectivity index is 2.58. The van der Waals surface area contributed by atoms with Crippen LogP contribution in [0.5, 0.6) is 0 Å². The smallest absolute Gasteiger partial charge is 0.132 e. The van der Waals surface area contributed by atoms with E-state index in [4.69, 9.17) is 4.98 Å². The maximum absolute atomic E-state index is 4.86. The lowest BCUT2D eigenvalue weighted by Crippen LogP contribution is -2.27. The van der Waals surface area contributed by atoms with Gasteiger partial charge in [0, 0.05) is 19.3 Å². The molecule has 2 heterocycles. The molecular weight excluding hydrogens is 208 g/mol. The molecule has 2 rings (SSSR count). The molecule has 2 heteroatoms. The van der Waals surface area contributed by atoms with Gasteiger partial charge in [0.05, 0.1) is 0 Å². The van der Waals surface area contributed by atoms with Gasteiger partial charge < -0.3 is 4.90 Å². The molecule has 0 amide bonds. The molecule has 0 saturated heterocycles. The van der Waals surface area contributed by atoms with Crippen molar-refractivity contribution in [2.45, 2.75) is 52.4 Å². The fourth-order valence-corrected chi connectivity index (χ4v) is 2.58. The molecule has 0 bridgehead atoms. The topological polar surface area (TPSA) is 16.1 Å². The summed E-state index contributed by atoms with van der Waals surface area (Å²) in [7, 11) is 2.17. The van der Waals surface area contributed by atoms with Gasteiger partial charge in [-0.1, -0.05) is 27.7 Å². The summed E-state index contributed by atoms with van der Waals surface area (Å²) in [4.78, 5) is 7.18. The summed E-state index contributed by atoms with van der Waals surface area (Å²) in [5, 5.41) is 0. The third kappa shape index (κ3) is 2.31. The molecule has 0 fully saturated rings. The summed E-state index contributed by atoms with van der Waals surface area (Å²) in [6.07, 6.45) is 2.45. The van der Waals surface area contributed by atoms with E-state index in [2.05, 4.69) is 45.7 Å². The van der Waals surface area contributed by atoms with Gasteiger partial charge in [0.2, 0.25) is 0 Å². The van der Waals surface area contributed by atoms with Crippen LogP contribution < -0.4 is 4.90 Å². The Hall–Kier alpha value is -1.05. The molecule has 1 aliphatic heterocycles. The fourth-order valence-electron chi connectivity index (χ4n) is 2.58. The molecule has 0 atom stereocenters. The Morgan fingerprint density at radius 1 is 1.18 bits per heavy atom. The zero-order valence-corrected chi connectivity index (χ0v) is 11.7. The third-order valence-electron chi connectivity index (χ3n) is 3.65. The van der Waals surface area contributed by atoms with Gasteiger partial charge in [0.1, 0.15) is 5.82 Å². The minimum atomic E-state index is 0.508. The average Bonchev–Trinajstić information content (AvgIpc) is 2.28. The van der Waals surface area contributed by atoms with Crippen LogP contribution in [0, 0.1) is 0 Å². The van der Waals surface area contributed by atoms with E-state index in [1.165, 1.54) is 35.5 Å². The van der Waals surface area contributed by atoms with E-state index in [0.29, 0.717) is 11.8 Å². The lowest BCUT2D eigenvalue weighted by atomic mass is 9.91. The monoisotopic (exact) mass is 232 g/mol. The van der Waals surface area contributed by atoms with Crippen molar-refractivity contribution in [2.75, 3.05) is 18.5 Å². The highest BCUT2D eigenvalue weighted by Gasteiger charge is 2.21. The molecule has 0 aliphatic carbocycles. The Labute approximate surface area is 105 Å². The number of aromatic nitrogens is 1. The van der Waals surface area contributed by atoms with Gasteiger partial charge in [0.25, 0.3) is 0 Å². The van der Waals surface area contributed by atoms with Crippen LogP contribution in [0.25, 0.3) is 0 Å². The third-order valence-corrected chi connectivity index (χ3v) is 3.65. The lowest BCUT2D eigenvalue weighted by Gasteiger charge is -2.30. The first-order valence-electron chi connectivity index (χ1n) is 6.75. The van der Waals surface area contributed by atoms with E-state index in [9.17, 15) is 0 Å². The summed E-state index contributed by atoms with van der Waals surface area (Å²) in [6.45, 7) is 10.2. The molecule has 0 N–H and O–H groups in total. The number of hydrogen-bond acceptors (Lipinski definition) is 2.